The molecule has 17 heavy (non-hydrogen) atoms. The van der Waals surface area contributed by atoms with Crippen LogP contribution in [0, 0.1) is 0 Å². The summed E-state index contributed by atoms with van der Waals surface area (Å²) in [5.41, 5.74) is 0.121. The molecule has 1 heterocycles. The van der Waals surface area contributed by atoms with E-state index in [9.17, 15) is 0 Å². The summed E-state index contributed by atoms with van der Waals surface area (Å²) < 4.78 is 2.07. The van der Waals surface area contributed by atoms with Crippen molar-refractivity contribution in [2.24, 2.45) is 0 Å². The monoisotopic (exact) mass is 236 g/mol. The van der Waals surface area contributed by atoms with E-state index < -0.39 is 0 Å². The fourth-order valence-corrected chi connectivity index (χ4v) is 2.26. The van der Waals surface area contributed by atoms with E-state index in [0.717, 1.165) is 12.4 Å². The summed E-state index contributed by atoms with van der Waals surface area (Å²) in [5.74, 6) is 0.908. The fraction of sp³-hybridized carbons (Fsp3) is 0.846. The molecule has 4 nitrogen and oxygen atoms in total. The van der Waals surface area contributed by atoms with E-state index in [4.69, 9.17) is 0 Å². The van der Waals surface area contributed by atoms with Crippen molar-refractivity contribution < 1.29 is 0 Å². The molecule has 2 rings (SSSR count). The van der Waals surface area contributed by atoms with Crippen LogP contribution in [0.5, 0.6) is 0 Å². The summed E-state index contributed by atoms with van der Waals surface area (Å²) in [6.45, 7) is 7.23. The Hall–Kier alpha value is -0.900. The Morgan fingerprint density at radius 1 is 1.29 bits per heavy atom. The van der Waals surface area contributed by atoms with Crippen molar-refractivity contribution in [1.82, 2.24) is 20.1 Å². The largest absolute Gasteiger partial charge is 0.305 e. The molecule has 1 aliphatic rings. The van der Waals surface area contributed by atoms with Crippen molar-refractivity contribution >= 4 is 0 Å². The summed E-state index contributed by atoms with van der Waals surface area (Å²) in [6.07, 6.45) is 8.46. The number of rotatable bonds is 3. The summed E-state index contributed by atoms with van der Waals surface area (Å²) in [7, 11) is 0. The van der Waals surface area contributed by atoms with E-state index in [-0.39, 0.29) is 5.54 Å². The highest BCUT2D eigenvalue weighted by Crippen LogP contribution is 2.26. The van der Waals surface area contributed by atoms with Gasteiger partial charge in [0, 0.05) is 5.54 Å². The molecule has 0 bridgehead atoms. The third-order valence-electron chi connectivity index (χ3n) is 3.28. The van der Waals surface area contributed by atoms with Crippen LogP contribution in [0.1, 0.15) is 64.7 Å². The van der Waals surface area contributed by atoms with E-state index in [1.807, 2.05) is 6.33 Å². The van der Waals surface area contributed by atoms with Crippen LogP contribution in [-0.4, -0.2) is 20.3 Å². The van der Waals surface area contributed by atoms with Crippen molar-refractivity contribution in [2.75, 3.05) is 0 Å². The minimum absolute atomic E-state index is 0.121. The molecule has 0 amide bonds. The molecule has 4 heteroatoms. The Bertz CT molecular complexity index is 345. The summed E-state index contributed by atoms with van der Waals surface area (Å²) in [4.78, 5) is 4.38. The number of aromatic nitrogens is 3. The maximum Gasteiger partial charge on any atom is 0.164 e. The van der Waals surface area contributed by atoms with Crippen LogP contribution in [0.4, 0.5) is 0 Å². The molecule has 0 aliphatic heterocycles. The Kier molecular flexibility index (Phi) is 3.82. The van der Waals surface area contributed by atoms with Crippen molar-refractivity contribution in [1.29, 1.82) is 0 Å². The van der Waals surface area contributed by atoms with E-state index in [0.29, 0.717) is 6.04 Å². The van der Waals surface area contributed by atoms with Gasteiger partial charge in [0.15, 0.2) is 5.82 Å². The van der Waals surface area contributed by atoms with Gasteiger partial charge in [0.1, 0.15) is 6.33 Å². The molecule has 1 aromatic heterocycles. The third kappa shape index (κ3) is 3.80. The van der Waals surface area contributed by atoms with Crippen molar-refractivity contribution in [3.63, 3.8) is 0 Å². The lowest BCUT2D eigenvalue weighted by molar-refractivity contribution is 0.326. The molecular formula is C13H24N4. The summed E-state index contributed by atoms with van der Waals surface area (Å²) in [6, 6.07) is 0.583. The van der Waals surface area contributed by atoms with Crippen LogP contribution in [-0.2, 0) is 6.54 Å². The van der Waals surface area contributed by atoms with Crippen LogP contribution >= 0.6 is 0 Å². The quantitative estimate of drug-likeness (QED) is 0.877. The molecular weight excluding hydrogens is 212 g/mol. The molecule has 1 saturated carbocycles. The molecule has 96 valence electrons. The lowest BCUT2D eigenvalue weighted by Gasteiger charge is -2.21. The zero-order chi connectivity index (χ0) is 12.3. The molecule has 1 aliphatic carbocycles. The number of nitrogens with zero attached hydrogens (tertiary/aromatic N) is 3. The lowest BCUT2D eigenvalue weighted by Crippen LogP contribution is -2.35. The molecule has 0 spiro atoms. The van der Waals surface area contributed by atoms with Crippen LogP contribution in [0.15, 0.2) is 6.33 Å². The van der Waals surface area contributed by atoms with Crippen molar-refractivity contribution in [3.8, 4) is 0 Å². The SMILES string of the molecule is CC(C)(C)NCc1ncn(C2CCCCC2)n1. The number of hydrogen-bond donors (Lipinski definition) is 1. The third-order valence-corrected chi connectivity index (χ3v) is 3.28. The second-order valence-corrected chi connectivity index (χ2v) is 6.04. The van der Waals surface area contributed by atoms with E-state index >= 15 is 0 Å². The highest BCUT2D eigenvalue weighted by molar-refractivity contribution is 4.86. The van der Waals surface area contributed by atoms with Gasteiger partial charge in [-0.1, -0.05) is 19.3 Å². The van der Waals surface area contributed by atoms with Crippen molar-refractivity contribution in [3.05, 3.63) is 12.2 Å². The molecule has 0 unspecified atom stereocenters. The van der Waals surface area contributed by atoms with Crippen LogP contribution in [0.3, 0.4) is 0 Å². The maximum absolute atomic E-state index is 4.58. The summed E-state index contributed by atoms with van der Waals surface area (Å²) in [5, 5.41) is 8.00. The molecule has 1 fully saturated rings. The molecule has 0 radical (unpaired) electrons. The fourth-order valence-electron chi connectivity index (χ4n) is 2.26. The Morgan fingerprint density at radius 3 is 2.65 bits per heavy atom. The average Bonchev–Trinajstić information content (AvgIpc) is 2.75. The molecule has 0 saturated heterocycles. The van der Waals surface area contributed by atoms with Crippen LogP contribution in [0.2, 0.25) is 0 Å². The first-order valence-corrected chi connectivity index (χ1v) is 6.70. The second kappa shape index (κ2) is 5.17. The van der Waals surface area contributed by atoms with Gasteiger partial charge in [0.05, 0.1) is 12.6 Å². The van der Waals surface area contributed by atoms with Gasteiger partial charge in [0.25, 0.3) is 0 Å². The van der Waals surface area contributed by atoms with Crippen molar-refractivity contribution in [2.45, 2.75) is 71.0 Å². The minimum Gasteiger partial charge on any atom is -0.305 e. The van der Waals surface area contributed by atoms with E-state index in [1.54, 1.807) is 0 Å². The average molecular weight is 236 g/mol. The highest BCUT2D eigenvalue weighted by Gasteiger charge is 2.17. The van der Waals surface area contributed by atoms with Gasteiger partial charge in [-0.15, -0.1) is 0 Å². The van der Waals surface area contributed by atoms with Crippen LogP contribution < -0.4 is 5.32 Å². The topological polar surface area (TPSA) is 42.7 Å². The smallest absolute Gasteiger partial charge is 0.164 e. The first-order valence-electron chi connectivity index (χ1n) is 6.70. The van der Waals surface area contributed by atoms with E-state index in [2.05, 4.69) is 40.9 Å². The maximum atomic E-state index is 4.58. The first-order chi connectivity index (χ1) is 8.04. The number of hydrogen-bond acceptors (Lipinski definition) is 3. The van der Waals surface area contributed by atoms with Gasteiger partial charge in [-0.25, -0.2) is 9.67 Å². The first kappa shape index (κ1) is 12.6. The second-order valence-electron chi connectivity index (χ2n) is 6.04. The number of nitrogens with one attached hydrogen (secondary N) is 1. The zero-order valence-electron chi connectivity index (χ0n) is 11.2. The Labute approximate surface area is 104 Å². The molecule has 0 atom stereocenters. The lowest BCUT2D eigenvalue weighted by atomic mass is 9.96. The predicted octanol–water partition coefficient (Wildman–Crippen LogP) is 2.67. The van der Waals surface area contributed by atoms with Crippen LogP contribution in [0.25, 0.3) is 0 Å². The van der Waals surface area contributed by atoms with Gasteiger partial charge in [0.2, 0.25) is 0 Å². The van der Waals surface area contributed by atoms with Gasteiger partial charge >= 0.3 is 0 Å². The standard InChI is InChI=1S/C13H24N4/c1-13(2,3)15-9-12-14-10-17(16-12)11-7-5-4-6-8-11/h10-11,15H,4-9H2,1-3H3. The van der Waals surface area contributed by atoms with Gasteiger partial charge in [-0.05, 0) is 33.6 Å². The highest BCUT2D eigenvalue weighted by atomic mass is 15.3. The van der Waals surface area contributed by atoms with Gasteiger partial charge in [-0.2, -0.15) is 5.10 Å². The predicted molar refractivity (Wildman–Crippen MR) is 68.7 cm³/mol. The Balaban J connectivity index is 1.91. The zero-order valence-corrected chi connectivity index (χ0v) is 11.2. The summed E-state index contributed by atoms with van der Waals surface area (Å²) >= 11 is 0. The molecule has 1 N–H and O–H groups in total. The molecule has 0 aromatic carbocycles. The Morgan fingerprint density at radius 2 is 2.00 bits per heavy atom. The minimum atomic E-state index is 0.121. The molecule has 1 aromatic rings. The van der Waals surface area contributed by atoms with Gasteiger partial charge in [-0.3, -0.25) is 0 Å². The van der Waals surface area contributed by atoms with E-state index in [1.165, 1.54) is 32.1 Å². The normalized spacial score (nSPS) is 18.5. The van der Waals surface area contributed by atoms with Gasteiger partial charge < -0.3 is 5.32 Å².